The van der Waals surface area contributed by atoms with E-state index in [0.717, 1.165) is 17.7 Å². The summed E-state index contributed by atoms with van der Waals surface area (Å²) in [5.41, 5.74) is 3.05. The first-order valence-corrected chi connectivity index (χ1v) is 9.08. The van der Waals surface area contributed by atoms with Crippen LogP contribution in [-0.4, -0.2) is 26.3 Å². The molecule has 0 saturated carbocycles. The number of benzene rings is 2. The van der Waals surface area contributed by atoms with Crippen LogP contribution in [0.5, 0.6) is 0 Å². The summed E-state index contributed by atoms with van der Waals surface area (Å²) in [4.78, 5) is 16.7. The minimum absolute atomic E-state index is 0.0742. The lowest BCUT2D eigenvalue weighted by Crippen LogP contribution is -2.22. The quantitative estimate of drug-likeness (QED) is 0.654. The van der Waals surface area contributed by atoms with Gasteiger partial charge in [0.05, 0.1) is 5.25 Å². The second-order valence-electron chi connectivity index (χ2n) is 5.63. The molecule has 3 aromatic rings. The molecule has 128 valence electrons. The van der Waals surface area contributed by atoms with Gasteiger partial charge in [-0.1, -0.05) is 61.2 Å². The molecule has 0 bridgehead atoms. The Morgan fingerprint density at radius 3 is 2.56 bits per heavy atom. The minimum atomic E-state index is -0.300. The zero-order valence-electron chi connectivity index (χ0n) is 14.2. The standard InChI is InChI=1S/C19H20N4OS/c1-3-14-9-11-15(12-10-14)17-21-19(23-22-17)25-13(2)18(24)20-16-7-5-4-6-8-16/h4-13H,3H2,1-2H3,(H,20,24)(H,21,22,23)/t13-/m0/s1. The number of carbonyl (C=O) groups excluding carboxylic acids is 1. The molecule has 5 nitrogen and oxygen atoms in total. The predicted octanol–water partition coefficient (Wildman–Crippen LogP) is 4.15. The third-order valence-corrected chi connectivity index (χ3v) is 4.75. The number of para-hydroxylation sites is 1. The van der Waals surface area contributed by atoms with Crippen molar-refractivity contribution in [3.63, 3.8) is 0 Å². The molecule has 1 aromatic heterocycles. The van der Waals surface area contributed by atoms with Gasteiger partial charge >= 0.3 is 0 Å². The molecule has 0 radical (unpaired) electrons. The van der Waals surface area contributed by atoms with Gasteiger partial charge in [-0.25, -0.2) is 4.98 Å². The number of nitrogens with one attached hydrogen (secondary N) is 2. The van der Waals surface area contributed by atoms with Gasteiger partial charge in [0.15, 0.2) is 5.82 Å². The molecule has 0 aliphatic rings. The van der Waals surface area contributed by atoms with E-state index in [0.29, 0.717) is 11.0 Å². The minimum Gasteiger partial charge on any atom is -0.325 e. The fourth-order valence-corrected chi connectivity index (χ4v) is 3.03. The number of rotatable bonds is 6. The van der Waals surface area contributed by atoms with Crippen LogP contribution in [-0.2, 0) is 11.2 Å². The number of carbonyl (C=O) groups is 1. The molecule has 25 heavy (non-hydrogen) atoms. The number of hydrogen-bond acceptors (Lipinski definition) is 4. The smallest absolute Gasteiger partial charge is 0.237 e. The number of hydrogen-bond donors (Lipinski definition) is 2. The lowest BCUT2D eigenvalue weighted by Gasteiger charge is -2.09. The number of nitrogens with zero attached hydrogens (tertiary/aromatic N) is 2. The number of H-pyrrole nitrogens is 1. The largest absolute Gasteiger partial charge is 0.325 e. The van der Waals surface area contributed by atoms with Crippen LogP contribution in [0.3, 0.4) is 0 Å². The maximum atomic E-state index is 12.3. The second kappa shape index (κ2) is 7.98. The van der Waals surface area contributed by atoms with E-state index in [9.17, 15) is 4.79 Å². The average Bonchev–Trinajstić information content (AvgIpc) is 3.11. The Morgan fingerprint density at radius 1 is 1.16 bits per heavy atom. The Bertz CT molecular complexity index is 830. The van der Waals surface area contributed by atoms with E-state index in [1.165, 1.54) is 17.3 Å². The van der Waals surface area contributed by atoms with Crippen LogP contribution in [0.2, 0.25) is 0 Å². The van der Waals surface area contributed by atoms with Crippen molar-refractivity contribution in [2.75, 3.05) is 5.32 Å². The summed E-state index contributed by atoms with van der Waals surface area (Å²) in [6.45, 7) is 3.97. The highest BCUT2D eigenvalue weighted by molar-refractivity contribution is 8.00. The van der Waals surface area contributed by atoms with E-state index in [1.807, 2.05) is 49.4 Å². The summed E-state index contributed by atoms with van der Waals surface area (Å²) in [5, 5.41) is 10.3. The van der Waals surface area contributed by atoms with E-state index in [1.54, 1.807) is 0 Å². The molecule has 0 unspecified atom stereocenters. The Kier molecular flexibility index (Phi) is 5.50. The van der Waals surface area contributed by atoms with Gasteiger partial charge < -0.3 is 5.32 Å². The van der Waals surface area contributed by atoms with Crippen molar-refractivity contribution in [2.24, 2.45) is 0 Å². The molecule has 0 spiro atoms. The monoisotopic (exact) mass is 352 g/mol. The molecular formula is C19H20N4OS. The highest BCUT2D eigenvalue weighted by Crippen LogP contribution is 2.23. The van der Waals surface area contributed by atoms with Crippen molar-refractivity contribution in [1.82, 2.24) is 15.2 Å². The van der Waals surface area contributed by atoms with Gasteiger partial charge in [0.1, 0.15) is 0 Å². The van der Waals surface area contributed by atoms with Crippen LogP contribution in [0.1, 0.15) is 19.4 Å². The van der Waals surface area contributed by atoms with E-state index in [4.69, 9.17) is 0 Å². The van der Waals surface area contributed by atoms with Crippen LogP contribution in [0, 0.1) is 0 Å². The third kappa shape index (κ3) is 4.48. The van der Waals surface area contributed by atoms with Crippen LogP contribution in [0.25, 0.3) is 11.4 Å². The van der Waals surface area contributed by atoms with Gasteiger partial charge in [0, 0.05) is 11.3 Å². The SMILES string of the molecule is CCc1ccc(-c2nc(S[C@@H](C)C(=O)Nc3ccccc3)n[nH]2)cc1. The van der Waals surface area contributed by atoms with Crippen molar-refractivity contribution in [3.8, 4) is 11.4 Å². The lowest BCUT2D eigenvalue weighted by atomic mass is 10.1. The molecule has 0 aliphatic carbocycles. The van der Waals surface area contributed by atoms with Crippen molar-refractivity contribution in [3.05, 3.63) is 60.2 Å². The Labute approximate surface area is 151 Å². The first kappa shape index (κ1) is 17.2. The summed E-state index contributed by atoms with van der Waals surface area (Å²) in [6, 6.07) is 17.6. The third-order valence-electron chi connectivity index (χ3n) is 3.79. The van der Waals surface area contributed by atoms with Crippen LogP contribution < -0.4 is 5.32 Å². The Morgan fingerprint density at radius 2 is 1.88 bits per heavy atom. The summed E-state index contributed by atoms with van der Waals surface area (Å²) in [7, 11) is 0. The fourth-order valence-electron chi connectivity index (χ4n) is 2.30. The number of aromatic amines is 1. The highest BCUT2D eigenvalue weighted by atomic mass is 32.2. The van der Waals surface area contributed by atoms with E-state index in [-0.39, 0.29) is 11.2 Å². The highest BCUT2D eigenvalue weighted by Gasteiger charge is 2.17. The van der Waals surface area contributed by atoms with Crippen LogP contribution in [0.15, 0.2) is 59.8 Å². The Balaban J connectivity index is 1.63. The zero-order chi connectivity index (χ0) is 17.6. The number of aromatic nitrogens is 3. The maximum Gasteiger partial charge on any atom is 0.237 e. The Hall–Kier alpha value is -2.60. The van der Waals surface area contributed by atoms with Crippen molar-refractivity contribution in [2.45, 2.75) is 30.7 Å². The van der Waals surface area contributed by atoms with Crippen LogP contribution in [0.4, 0.5) is 5.69 Å². The maximum absolute atomic E-state index is 12.3. The molecule has 6 heteroatoms. The van der Waals surface area contributed by atoms with Crippen LogP contribution >= 0.6 is 11.8 Å². The van der Waals surface area contributed by atoms with Gasteiger partial charge in [0.2, 0.25) is 11.1 Å². The molecular weight excluding hydrogens is 332 g/mol. The molecule has 1 atom stereocenters. The summed E-state index contributed by atoms with van der Waals surface area (Å²) in [6.07, 6.45) is 1.01. The number of thioether (sulfide) groups is 1. The van der Waals surface area contributed by atoms with E-state index < -0.39 is 0 Å². The molecule has 1 amide bonds. The molecule has 1 heterocycles. The molecule has 0 fully saturated rings. The molecule has 2 N–H and O–H groups in total. The summed E-state index contributed by atoms with van der Waals surface area (Å²) in [5.74, 6) is 0.635. The van der Waals surface area contributed by atoms with Crippen molar-refractivity contribution >= 4 is 23.4 Å². The first-order chi connectivity index (χ1) is 12.2. The van der Waals surface area contributed by atoms with Gasteiger partial charge in [-0.3, -0.25) is 9.89 Å². The lowest BCUT2D eigenvalue weighted by molar-refractivity contribution is -0.115. The molecule has 0 aliphatic heterocycles. The molecule has 2 aromatic carbocycles. The second-order valence-corrected chi connectivity index (χ2v) is 6.94. The topological polar surface area (TPSA) is 70.7 Å². The van der Waals surface area contributed by atoms with Gasteiger partial charge in [-0.15, -0.1) is 5.10 Å². The fraction of sp³-hybridized carbons (Fsp3) is 0.211. The van der Waals surface area contributed by atoms with Gasteiger partial charge in [-0.2, -0.15) is 0 Å². The predicted molar refractivity (Wildman–Crippen MR) is 102 cm³/mol. The van der Waals surface area contributed by atoms with Gasteiger partial charge in [0.25, 0.3) is 0 Å². The van der Waals surface area contributed by atoms with Gasteiger partial charge in [-0.05, 0) is 31.0 Å². The first-order valence-electron chi connectivity index (χ1n) is 8.20. The summed E-state index contributed by atoms with van der Waals surface area (Å²) < 4.78 is 0. The number of aryl methyl sites for hydroxylation is 1. The number of amides is 1. The average molecular weight is 352 g/mol. The zero-order valence-corrected chi connectivity index (χ0v) is 15.0. The van der Waals surface area contributed by atoms with Crippen molar-refractivity contribution in [1.29, 1.82) is 0 Å². The summed E-state index contributed by atoms with van der Waals surface area (Å²) >= 11 is 1.33. The number of anilines is 1. The van der Waals surface area contributed by atoms with E-state index in [2.05, 4.69) is 39.6 Å². The van der Waals surface area contributed by atoms with E-state index >= 15 is 0 Å². The van der Waals surface area contributed by atoms with Crippen molar-refractivity contribution < 1.29 is 4.79 Å². The molecule has 3 rings (SSSR count). The molecule has 0 saturated heterocycles. The normalized spacial score (nSPS) is 11.9.